The standard InChI is InChI=1S/C28H27FN4O6/c29-19-15-24-25(30-16-19)32(28(38)33(26(24)35)21-8-6-20(7-9-21)31-27(36)37)22-3-1-2-18(14-22)17-4-10-23(11-5-17)39-13-12-34/h1-5,10-11,14-16,20-21,31,34H,6-9,12-13H2,(H,36,37)/t20-,21+. The van der Waals surface area contributed by atoms with E-state index < -0.39 is 29.2 Å². The molecule has 0 bridgehead atoms. The molecule has 1 amide bonds. The van der Waals surface area contributed by atoms with Crippen molar-refractivity contribution < 1.29 is 24.1 Å². The minimum absolute atomic E-state index is 0.0174. The van der Waals surface area contributed by atoms with E-state index in [1.165, 1.54) is 4.57 Å². The van der Waals surface area contributed by atoms with Crippen LogP contribution in [0.15, 0.2) is 70.4 Å². The molecule has 1 aliphatic rings. The van der Waals surface area contributed by atoms with E-state index in [1.807, 2.05) is 18.2 Å². The number of amides is 1. The molecule has 3 N–H and O–H groups in total. The number of aliphatic hydroxyl groups excluding tert-OH is 1. The molecule has 10 nitrogen and oxygen atoms in total. The Bertz CT molecular complexity index is 1620. The summed E-state index contributed by atoms with van der Waals surface area (Å²) in [4.78, 5) is 42.5. The second kappa shape index (κ2) is 11.1. The molecule has 4 aromatic rings. The van der Waals surface area contributed by atoms with Gasteiger partial charge >= 0.3 is 11.8 Å². The van der Waals surface area contributed by atoms with Crippen LogP contribution in [0.25, 0.3) is 27.8 Å². The Morgan fingerprint density at radius 2 is 1.79 bits per heavy atom. The number of hydrogen-bond donors (Lipinski definition) is 3. The fraction of sp³-hybridized carbons (Fsp3) is 0.286. The van der Waals surface area contributed by atoms with Gasteiger partial charge in [0, 0.05) is 12.1 Å². The van der Waals surface area contributed by atoms with Crippen LogP contribution in [0.4, 0.5) is 9.18 Å². The number of aliphatic hydroxyl groups is 1. The van der Waals surface area contributed by atoms with Crippen molar-refractivity contribution in [3.63, 3.8) is 0 Å². The molecular weight excluding hydrogens is 507 g/mol. The van der Waals surface area contributed by atoms with E-state index in [0.29, 0.717) is 37.1 Å². The Morgan fingerprint density at radius 1 is 1.05 bits per heavy atom. The first-order valence-corrected chi connectivity index (χ1v) is 12.6. The quantitative estimate of drug-likeness (QED) is 0.330. The maximum Gasteiger partial charge on any atom is 0.404 e. The molecule has 11 heteroatoms. The summed E-state index contributed by atoms with van der Waals surface area (Å²) < 4.78 is 22.1. The van der Waals surface area contributed by atoms with Gasteiger partial charge in [-0.1, -0.05) is 24.3 Å². The molecule has 2 aromatic carbocycles. The molecule has 2 aromatic heterocycles. The third kappa shape index (κ3) is 5.39. The van der Waals surface area contributed by atoms with Crippen molar-refractivity contribution >= 4 is 17.1 Å². The topological polar surface area (TPSA) is 136 Å². The molecule has 0 atom stereocenters. The van der Waals surface area contributed by atoms with Gasteiger partial charge in [0.05, 0.1) is 23.9 Å². The van der Waals surface area contributed by atoms with Crippen LogP contribution in [-0.4, -0.2) is 49.7 Å². The lowest BCUT2D eigenvalue weighted by atomic mass is 9.91. The van der Waals surface area contributed by atoms with Crippen molar-refractivity contribution in [3.8, 4) is 22.6 Å². The van der Waals surface area contributed by atoms with E-state index >= 15 is 0 Å². The van der Waals surface area contributed by atoms with Gasteiger partial charge in [-0.3, -0.25) is 9.36 Å². The lowest BCUT2D eigenvalue weighted by molar-refractivity contribution is 0.182. The van der Waals surface area contributed by atoms with Crippen molar-refractivity contribution in [2.75, 3.05) is 13.2 Å². The molecule has 202 valence electrons. The van der Waals surface area contributed by atoms with Gasteiger partial charge in [-0.05, 0) is 67.1 Å². The van der Waals surface area contributed by atoms with Gasteiger partial charge in [0.15, 0.2) is 5.65 Å². The molecule has 0 radical (unpaired) electrons. The molecule has 1 aliphatic carbocycles. The van der Waals surface area contributed by atoms with Crippen LogP contribution in [0.3, 0.4) is 0 Å². The van der Waals surface area contributed by atoms with Gasteiger partial charge in [-0.2, -0.15) is 0 Å². The molecule has 2 heterocycles. The molecule has 39 heavy (non-hydrogen) atoms. The number of benzene rings is 2. The van der Waals surface area contributed by atoms with Crippen LogP contribution in [0.2, 0.25) is 0 Å². The smallest absolute Gasteiger partial charge is 0.404 e. The first-order chi connectivity index (χ1) is 18.9. The fourth-order valence-corrected chi connectivity index (χ4v) is 5.12. The number of rotatable bonds is 7. The Morgan fingerprint density at radius 3 is 2.49 bits per heavy atom. The fourth-order valence-electron chi connectivity index (χ4n) is 5.12. The molecular formula is C28H27FN4O6. The van der Waals surface area contributed by atoms with Crippen molar-refractivity contribution in [1.82, 2.24) is 19.4 Å². The Balaban J connectivity index is 1.58. The minimum Gasteiger partial charge on any atom is -0.491 e. The van der Waals surface area contributed by atoms with Crippen molar-refractivity contribution in [2.24, 2.45) is 0 Å². The number of carboxylic acid groups (broad SMARTS) is 1. The number of ether oxygens (including phenoxy) is 1. The number of pyridine rings is 1. The number of halogens is 1. The summed E-state index contributed by atoms with van der Waals surface area (Å²) in [5, 5.41) is 20.4. The summed E-state index contributed by atoms with van der Waals surface area (Å²) in [6, 6.07) is 14.8. The average molecular weight is 535 g/mol. The highest BCUT2D eigenvalue weighted by Gasteiger charge is 2.28. The van der Waals surface area contributed by atoms with Gasteiger partial charge in [0.25, 0.3) is 5.56 Å². The van der Waals surface area contributed by atoms with Gasteiger partial charge in [-0.25, -0.2) is 23.5 Å². The lowest BCUT2D eigenvalue weighted by Crippen LogP contribution is -2.45. The van der Waals surface area contributed by atoms with Gasteiger partial charge < -0.3 is 20.3 Å². The monoisotopic (exact) mass is 534 g/mol. The van der Waals surface area contributed by atoms with Crippen LogP contribution < -0.4 is 21.3 Å². The van der Waals surface area contributed by atoms with Gasteiger partial charge in [-0.15, -0.1) is 0 Å². The van der Waals surface area contributed by atoms with Gasteiger partial charge in [0.2, 0.25) is 0 Å². The average Bonchev–Trinajstić information content (AvgIpc) is 2.93. The predicted octanol–water partition coefficient (Wildman–Crippen LogP) is 3.48. The Kier molecular flexibility index (Phi) is 7.42. The third-order valence-corrected chi connectivity index (χ3v) is 6.93. The molecule has 0 unspecified atom stereocenters. The highest BCUT2D eigenvalue weighted by atomic mass is 19.1. The van der Waals surface area contributed by atoms with Crippen LogP contribution in [-0.2, 0) is 0 Å². The van der Waals surface area contributed by atoms with E-state index in [4.69, 9.17) is 14.9 Å². The zero-order chi connectivity index (χ0) is 27.5. The molecule has 5 rings (SSSR count). The number of aromatic nitrogens is 3. The van der Waals surface area contributed by atoms with Crippen molar-refractivity contribution in [1.29, 1.82) is 0 Å². The maximum absolute atomic E-state index is 14.2. The maximum atomic E-state index is 14.2. The summed E-state index contributed by atoms with van der Waals surface area (Å²) in [6.45, 7) is 0.0963. The number of carbonyl (C=O) groups is 1. The highest BCUT2D eigenvalue weighted by molar-refractivity contribution is 5.76. The molecule has 1 saturated carbocycles. The summed E-state index contributed by atoms with van der Waals surface area (Å²) >= 11 is 0. The predicted molar refractivity (Wildman–Crippen MR) is 142 cm³/mol. The van der Waals surface area contributed by atoms with Crippen LogP contribution in [0.1, 0.15) is 31.7 Å². The Labute approximate surface area is 221 Å². The summed E-state index contributed by atoms with van der Waals surface area (Å²) in [5.41, 5.74) is 0.933. The van der Waals surface area contributed by atoms with E-state index in [0.717, 1.165) is 28.0 Å². The molecule has 1 fully saturated rings. The first kappa shape index (κ1) is 26.1. The van der Waals surface area contributed by atoms with E-state index in [1.54, 1.807) is 30.3 Å². The largest absolute Gasteiger partial charge is 0.491 e. The zero-order valence-electron chi connectivity index (χ0n) is 20.9. The second-order valence-corrected chi connectivity index (χ2v) is 9.42. The van der Waals surface area contributed by atoms with Gasteiger partial charge in [0.1, 0.15) is 18.2 Å². The van der Waals surface area contributed by atoms with Crippen molar-refractivity contribution in [3.05, 3.63) is 87.4 Å². The summed E-state index contributed by atoms with van der Waals surface area (Å²) in [5.74, 6) is -0.0827. The minimum atomic E-state index is -1.11. The second-order valence-electron chi connectivity index (χ2n) is 9.42. The number of nitrogens with one attached hydrogen (secondary N) is 1. The zero-order valence-corrected chi connectivity index (χ0v) is 20.9. The van der Waals surface area contributed by atoms with E-state index in [-0.39, 0.29) is 30.3 Å². The SMILES string of the molecule is O=C(O)N[C@H]1CC[C@@H](n2c(=O)c3cc(F)cnc3n(-c3cccc(-c4ccc(OCCO)cc4)c3)c2=O)CC1. The van der Waals surface area contributed by atoms with Crippen LogP contribution in [0, 0.1) is 5.82 Å². The van der Waals surface area contributed by atoms with Crippen LogP contribution in [0.5, 0.6) is 5.75 Å². The normalized spacial score (nSPS) is 17.2. The summed E-state index contributed by atoms with van der Waals surface area (Å²) in [6.07, 6.45) is 1.63. The van der Waals surface area contributed by atoms with E-state index in [9.17, 15) is 18.8 Å². The molecule has 0 aliphatic heterocycles. The molecule has 0 saturated heterocycles. The third-order valence-electron chi connectivity index (χ3n) is 6.93. The number of fused-ring (bicyclic) bond motifs is 1. The number of nitrogens with zero attached hydrogens (tertiary/aromatic N) is 3. The lowest BCUT2D eigenvalue weighted by Gasteiger charge is -2.29. The highest BCUT2D eigenvalue weighted by Crippen LogP contribution is 2.28. The molecule has 0 spiro atoms. The van der Waals surface area contributed by atoms with Crippen molar-refractivity contribution in [2.45, 2.75) is 37.8 Å². The van der Waals surface area contributed by atoms with E-state index in [2.05, 4.69) is 10.3 Å². The summed E-state index contributed by atoms with van der Waals surface area (Å²) in [7, 11) is 0. The number of hydrogen-bond acceptors (Lipinski definition) is 6. The Hall–Kier alpha value is -4.51. The first-order valence-electron chi connectivity index (χ1n) is 12.6. The van der Waals surface area contributed by atoms with Crippen LogP contribution >= 0.6 is 0 Å².